The first-order valence-electron chi connectivity index (χ1n) is 37.5. The van der Waals surface area contributed by atoms with Crippen molar-refractivity contribution in [3.8, 4) is 0 Å². The van der Waals surface area contributed by atoms with Gasteiger partial charge in [-0.3, -0.25) is 37.3 Å². The molecule has 0 aliphatic heterocycles. The number of carbonyl (C=O) groups excluding carboxylic acids is 4. The monoisotopic (exact) mass is 1340 g/mol. The Morgan fingerprint density at radius 3 is 0.747 bits per heavy atom. The maximum absolute atomic E-state index is 13.0. The van der Waals surface area contributed by atoms with Crippen molar-refractivity contribution in [2.75, 3.05) is 39.6 Å². The van der Waals surface area contributed by atoms with E-state index in [2.05, 4.69) is 41.5 Å². The molecule has 0 aliphatic rings. The van der Waals surface area contributed by atoms with Crippen LogP contribution in [0.3, 0.4) is 0 Å². The lowest BCUT2D eigenvalue weighted by atomic mass is 10.0. The van der Waals surface area contributed by atoms with Gasteiger partial charge in [0.25, 0.3) is 0 Å². The maximum atomic E-state index is 13.0. The van der Waals surface area contributed by atoms with E-state index in [0.29, 0.717) is 25.7 Å². The second kappa shape index (κ2) is 64.1. The van der Waals surface area contributed by atoms with Gasteiger partial charge in [0.05, 0.1) is 26.4 Å². The number of aliphatic hydroxyl groups is 1. The van der Waals surface area contributed by atoms with E-state index in [0.717, 1.165) is 108 Å². The van der Waals surface area contributed by atoms with Crippen LogP contribution >= 0.6 is 15.6 Å². The van der Waals surface area contributed by atoms with Crippen molar-refractivity contribution < 1.29 is 80.2 Å². The van der Waals surface area contributed by atoms with E-state index in [4.69, 9.17) is 37.0 Å². The van der Waals surface area contributed by atoms with E-state index >= 15 is 0 Å². The van der Waals surface area contributed by atoms with Crippen molar-refractivity contribution in [2.45, 2.75) is 387 Å². The standard InChI is InChI=1S/C72H140O17P2/c1-7-9-11-13-14-15-16-17-18-19-20-21-22-23-24-25-26-27-32-38-44-50-56-71(76)89-68(61-83-70(75)55-49-43-37-31-29-28-30-35-41-46-52-64(3)4)63-87-91(80,81)85-59-66(73)58-84-90(78,79)86-62-67(60-82-69(74)54-48-40-12-10-8-2)88-72(77)57-51-45-39-34-33-36-42-47-53-65(5)6/h64-68,73H,7-63H2,1-6H3,(H,78,79)(H,80,81)/t66-,67+,68+/m0/s1. The third-order valence-electron chi connectivity index (χ3n) is 16.7. The highest BCUT2D eigenvalue weighted by atomic mass is 31.2. The molecule has 17 nitrogen and oxygen atoms in total. The minimum Gasteiger partial charge on any atom is -0.462 e. The SMILES string of the molecule is CCCCCCCCCCCCCCCCCCCCCCCCC(=O)O[C@H](COC(=O)CCCCCCCCCCCCC(C)C)COP(=O)(O)OC[C@@H](O)COP(=O)(O)OC[C@@H](COC(=O)CCCCCCC)OC(=O)CCCCCCCCCCC(C)C. The van der Waals surface area contributed by atoms with E-state index in [1.54, 1.807) is 0 Å². The summed E-state index contributed by atoms with van der Waals surface area (Å²) in [6.45, 7) is 9.42. The van der Waals surface area contributed by atoms with Crippen LogP contribution in [0.1, 0.15) is 369 Å². The van der Waals surface area contributed by atoms with Crippen molar-refractivity contribution in [1.29, 1.82) is 0 Å². The van der Waals surface area contributed by atoms with Crippen LogP contribution < -0.4 is 0 Å². The second-order valence-corrected chi connectivity index (χ2v) is 29.8. The van der Waals surface area contributed by atoms with Gasteiger partial charge in [0.15, 0.2) is 12.2 Å². The first kappa shape index (κ1) is 89.1. The molecule has 0 aromatic heterocycles. The van der Waals surface area contributed by atoms with Crippen LogP contribution in [0.25, 0.3) is 0 Å². The van der Waals surface area contributed by atoms with Crippen molar-refractivity contribution in [2.24, 2.45) is 11.8 Å². The molecule has 5 atom stereocenters. The smallest absolute Gasteiger partial charge is 0.462 e. The molecule has 540 valence electrons. The molecular formula is C72H140O17P2. The number of carbonyl (C=O) groups is 4. The van der Waals surface area contributed by atoms with Crippen molar-refractivity contribution in [3.63, 3.8) is 0 Å². The number of unbranched alkanes of at least 4 members (excludes halogenated alkanes) is 41. The molecule has 0 spiro atoms. The maximum Gasteiger partial charge on any atom is 0.472 e. The Hall–Kier alpha value is -1.94. The van der Waals surface area contributed by atoms with Crippen LogP contribution in [-0.4, -0.2) is 96.7 Å². The van der Waals surface area contributed by atoms with E-state index in [1.807, 2.05) is 0 Å². The van der Waals surface area contributed by atoms with E-state index < -0.39 is 97.5 Å². The van der Waals surface area contributed by atoms with Gasteiger partial charge < -0.3 is 33.8 Å². The summed E-state index contributed by atoms with van der Waals surface area (Å²) >= 11 is 0. The number of phosphoric ester groups is 2. The van der Waals surface area contributed by atoms with Gasteiger partial charge >= 0.3 is 39.5 Å². The molecule has 0 bridgehead atoms. The van der Waals surface area contributed by atoms with Crippen LogP contribution in [0.2, 0.25) is 0 Å². The summed E-state index contributed by atoms with van der Waals surface area (Å²) in [5.74, 6) is -0.659. The normalized spacial score (nSPS) is 14.1. The summed E-state index contributed by atoms with van der Waals surface area (Å²) in [5, 5.41) is 10.6. The third-order valence-corrected chi connectivity index (χ3v) is 18.6. The predicted octanol–water partition coefficient (Wildman–Crippen LogP) is 20.8. The second-order valence-electron chi connectivity index (χ2n) is 26.9. The zero-order chi connectivity index (χ0) is 67.2. The highest BCUT2D eigenvalue weighted by Crippen LogP contribution is 2.45. The molecule has 0 amide bonds. The molecule has 2 unspecified atom stereocenters. The van der Waals surface area contributed by atoms with Crippen molar-refractivity contribution >= 4 is 39.5 Å². The lowest BCUT2D eigenvalue weighted by Crippen LogP contribution is -2.30. The van der Waals surface area contributed by atoms with E-state index in [1.165, 1.54) is 180 Å². The number of aliphatic hydroxyl groups excluding tert-OH is 1. The summed E-state index contributed by atoms with van der Waals surface area (Å²) in [5.41, 5.74) is 0. The quantitative estimate of drug-likeness (QED) is 0.0222. The fourth-order valence-corrected chi connectivity index (χ4v) is 12.5. The molecule has 0 aliphatic carbocycles. The average Bonchev–Trinajstić information content (AvgIpc) is 3.73. The predicted molar refractivity (Wildman–Crippen MR) is 368 cm³/mol. The van der Waals surface area contributed by atoms with Gasteiger partial charge in [0.2, 0.25) is 0 Å². The minimum atomic E-state index is -4.95. The summed E-state index contributed by atoms with van der Waals surface area (Å²) in [4.78, 5) is 72.3. The van der Waals surface area contributed by atoms with Gasteiger partial charge in [-0.05, 0) is 37.5 Å². The molecule has 0 aromatic carbocycles. The zero-order valence-corrected chi connectivity index (χ0v) is 60.9. The van der Waals surface area contributed by atoms with Crippen molar-refractivity contribution in [3.05, 3.63) is 0 Å². The number of ether oxygens (including phenoxy) is 4. The molecule has 0 saturated heterocycles. The minimum absolute atomic E-state index is 0.104. The van der Waals surface area contributed by atoms with Crippen LogP contribution in [0, 0.1) is 11.8 Å². The molecule has 19 heteroatoms. The molecule has 0 heterocycles. The van der Waals surface area contributed by atoms with E-state index in [-0.39, 0.29) is 25.7 Å². The topological polar surface area (TPSA) is 237 Å². The molecule has 3 N–H and O–H groups in total. The highest BCUT2D eigenvalue weighted by molar-refractivity contribution is 7.47. The largest absolute Gasteiger partial charge is 0.472 e. The summed E-state index contributed by atoms with van der Waals surface area (Å²) in [7, 11) is -9.89. The molecule has 0 rings (SSSR count). The number of rotatable bonds is 71. The molecule has 0 fully saturated rings. The molecule has 0 radical (unpaired) electrons. The van der Waals surface area contributed by atoms with Gasteiger partial charge in [-0.2, -0.15) is 0 Å². The van der Waals surface area contributed by atoms with Gasteiger partial charge in [-0.1, -0.05) is 318 Å². The number of hydrogen-bond donors (Lipinski definition) is 3. The average molecular weight is 1340 g/mol. The fraction of sp³-hybridized carbons (Fsp3) is 0.944. The molecule has 0 saturated carbocycles. The lowest BCUT2D eigenvalue weighted by Gasteiger charge is -2.21. The Balaban J connectivity index is 5.09. The number of phosphoric acid groups is 2. The van der Waals surface area contributed by atoms with E-state index in [9.17, 15) is 43.2 Å². The Morgan fingerprint density at radius 1 is 0.297 bits per heavy atom. The summed E-state index contributed by atoms with van der Waals surface area (Å²) in [6, 6.07) is 0. The summed E-state index contributed by atoms with van der Waals surface area (Å²) in [6.07, 6.45) is 50.7. The first-order chi connectivity index (χ1) is 43.9. The third kappa shape index (κ3) is 66.5. The van der Waals surface area contributed by atoms with Crippen LogP contribution in [0.15, 0.2) is 0 Å². The van der Waals surface area contributed by atoms with Crippen LogP contribution in [-0.2, 0) is 65.4 Å². The van der Waals surface area contributed by atoms with Gasteiger partial charge in [0, 0.05) is 25.7 Å². The number of hydrogen-bond acceptors (Lipinski definition) is 15. The Labute approximate surface area is 556 Å². The first-order valence-corrected chi connectivity index (χ1v) is 40.5. The fourth-order valence-electron chi connectivity index (χ4n) is 10.9. The number of esters is 4. The van der Waals surface area contributed by atoms with Crippen molar-refractivity contribution in [1.82, 2.24) is 0 Å². The van der Waals surface area contributed by atoms with Crippen LogP contribution in [0.4, 0.5) is 0 Å². The molecular weight excluding hydrogens is 1200 g/mol. The van der Waals surface area contributed by atoms with Crippen LogP contribution in [0.5, 0.6) is 0 Å². The zero-order valence-electron chi connectivity index (χ0n) is 59.1. The lowest BCUT2D eigenvalue weighted by molar-refractivity contribution is -0.161. The van der Waals surface area contributed by atoms with Gasteiger partial charge in [0.1, 0.15) is 19.3 Å². The molecule has 91 heavy (non-hydrogen) atoms. The summed E-state index contributed by atoms with van der Waals surface area (Å²) < 4.78 is 68.1. The van der Waals surface area contributed by atoms with Gasteiger partial charge in [-0.15, -0.1) is 0 Å². The highest BCUT2D eigenvalue weighted by Gasteiger charge is 2.30. The Kier molecular flexibility index (Phi) is 62.7. The van der Waals surface area contributed by atoms with Gasteiger partial charge in [-0.25, -0.2) is 9.13 Å². The Bertz CT molecular complexity index is 1770. The molecule has 0 aromatic rings. The Morgan fingerprint density at radius 2 is 0.505 bits per heavy atom.